The van der Waals surface area contributed by atoms with Crippen molar-refractivity contribution in [1.29, 1.82) is 0 Å². The van der Waals surface area contributed by atoms with E-state index in [1.165, 1.54) is 11.3 Å². The maximum atomic E-state index is 13.3. The summed E-state index contributed by atoms with van der Waals surface area (Å²) in [5.74, 6) is -0.706. The fourth-order valence-electron chi connectivity index (χ4n) is 4.96. The lowest BCUT2D eigenvalue weighted by Crippen LogP contribution is -2.33. The van der Waals surface area contributed by atoms with Crippen LogP contribution in [0.4, 0.5) is 10.9 Å². The SMILES string of the molecule is Cc1ccccc1-c1ccc(N2CCc3cccc(C(=O)Nc4nc5ccccc5s4)c3C2)nc1C(=O)O. The molecule has 0 radical (unpaired) electrons. The highest BCUT2D eigenvalue weighted by Crippen LogP contribution is 2.32. The normalized spacial score (nSPS) is 12.8. The molecule has 0 spiro atoms. The highest BCUT2D eigenvalue weighted by molar-refractivity contribution is 7.22. The van der Waals surface area contributed by atoms with Gasteiger partial charge < -0.3 is 10.0 Å². The predicted molar refractivity (Wildman–Crippen MR) is 150 cm³/mol. The number of anilines is 2. The van der Waals surface area contributed by atoms with Crippen molar-refractivity contribution in [2.24, 2.45) is 0 Å². The van der Waals surface area contributed by atoms with Gasteiger partial charge in [-0.25, -0.2) is 14.8 Å². The van der Waals surface area contributed by atoms with E-state index in [0.29, 0.717) is 35.2 Å². The van der Waals surface area contributed by atoms with Crippen LogP contribution >= 0.6 is 11.3 Å². The monoisotopic (exact) mass is 520 g/mol. The first-order valence-corrected chi connectivity index (χ1v) is 13.1. The number of para-hydroxylation sites is 1. The molecule has 38 heavy (non-hydrogen) atoms. The zero-order valence-corrected chi connectivity index (χ0v) is 21.5. The molecule has 6 rings (SSSR count). The molecule has 3 heterocycles. The van der Waals surface area contributed by atoms with Crippen LogP contribution in [0, 0.1) is 6.92 Å². The fourth-order valence-corrected chi connectivity index (χ4v) is 5.82. The number of rotatable bonds is 5. The quantitative estimate of drug-likeness (QED) is 0.287. The Bertz CT molecular complexity index is 1680. The second-order valence-corrected chi connectivity index (χ2v) is 10.3. The number of carbonyl (C=O) groups excluding carboxylic acids is 1. The molecule has 1 aliphatic rings. The summed E-state index contributed by atoms with van der Waals surface area (Å²) in [5.41, 5.74) is 5.90. The number of amides is 1. The molecule has 0 unspecified atom stereocenters. The van der Waals surface area contributed by atoms with Gasteiger partial charge in [-0.3, -0.25) is 10.1 Å². The van der Waals surface area contributed by atoms with Crippen molar-refractivity contribution in [2.45, 2.75) is 19.9 Å². The van der Waals surface area contributed by atoms with Gasteiger partial charge in [-0.1, -0.05) is 59.9 Å². The van der Waals surface area contributed by atoms with Gasteiger partial charge in [0.05, 0.1) is 10.2 Å². The number of aryl methyl sites for hydroxylation is 1. The van der Waals surface area contributed by atoms with Gasteiger partial charge in [-0.2, -0.15) is 0 Å². The topological polar surface area (TPSA) is 95.4 Å². The number of benzene rings is 3. The summed E-state index contributed by atoms with van der Waals surface area (Å²) in [7, 11) is 0. The van der Waals surface area contributed by atoms with Crippen LogP contribution in [-0.2, 0) is 13.0 Å². The average molecular weight is 521 g/mol. The van der Waals surface area contributed by atoms with Gasteiger partial charge in [0.15, 0.2) is 10.8 Å². The summed E-state index contributed by atoms with van der Waals surface area (Å²) in [4.78, 5) is 36.6. The van der Waals surface area contributed by atoms with E-state index in [9.17, 15) is 14.7 Å². The average Bonchev–Trinajstić information content (AvgIpc) is 3.34. The lowest BCUT2D eigenvalue weighted by Gasteiger charge is -2.31. The van der Waals surface area contributed by atoms with E-state index >= 15 is 0 Å². The van der Waals surface area contributed by atoms with Gasteiger partial charge in [-0.05, 0) is 65.9 Å². The molecule has 0 aliphatic carbocycles. The third kappa shape index (κ3) is 4.39. The summed E-state index contributed by atoms with van der Waals surface area (Å²) in [6.07, 6.45) is 0.723. The number of nitrogens with one attached hydrogen (secondary N) is 1. The van der Waals surface area contributed by atoms with E-state index in [1.807, 2.05) is 90.7 Å². The van der Waals surface area contributed by atoms with Crippen molar-refractivity contribution in [1.82, 2.24) is 9.97 Å². The summed E-state index contributed by atoms with van der Waals surface area (Å²) in [6.45, 7) is 3.08. The number of hydrogen-bond acceptors (Lipinski definition) is 6. The minimum absolute atomic E-state index is 0.0180. The Kier molecular flexibility index (Phi) is 6.09. The first-order chi connectivity index (χ1) is 18.5. The molecule has 2 N–H and O–H groups in total. The fraction of sp³-hybridized carbons (Fsp3) is 0.133. The molecule has 0 saturated carbocycles. The minimum Gasteiger partial charge on any atom is -0.476 e. The second-order valence-electron chi connectivity index (χ2n) is 9.24. The number of hydrogen-bond donors (Lipinski definition) is 2. The van der Waals surface area contributed by atoms with Gasteiger partial charge in [0, 0.05) is 24.2 Å². The van der Waals surface area contributed by atoms with E-state index in [-0.39, 0.29) is 11.6 Å². The van der Waals surface area contributed by atoms with Crippen molar-refractivity contribution in [3.05, 3.63) is 107 Å². The Morgan fingerprint density at radius 1 is 0.921 bits per heavy atom. The van der Waals surface area contributed by atoms with E-state index in [0.717, 1.165) is 38.9 Å². The number of carbonyl (C=O) groups is 2. The van der Waals surface area contributed by atoms with Gasteiger partial charge >= 0.3 is 5.97 Å². The third-order valence-electron chi connectivity index (χ3n) is 6.87. The molecule has 2 aromatic heterocycles. The number of thiazole rings is 1. The summed E-state index contributed by atoms with van der Waals surface area (Å²) < 4.78 is 1.01. The summed E-state index contributed by atoms with van der Waals surface area (Å²) in [6, 6.07) is 24.9. The number of carboxylic acids is 1. The Morgan fingerprint density at radius 3 is 2.55 bits per heavy atom. The summed E-state index contributed by atoms with van der Waals surface area (Å²) in [5, 5.41) is 13.5. The molecule has 3 aromatic carbocycles. The zero-order chi connectivity index (χ0) is 26.2. The van der Waals surface area contributed by atoms with Crippen LogP contribution in [0.15, 0.2) is 78.9 Å². The Morgan fingerprint density at radius 2 is 1.74 bits per heavy atom. The van der Waals surface area contributed by atoms with Gasteiger partial charge in [0.2, 0.25) is 0 Å². The van der Waals surface area contributed by atoms with Crippen LogP contribution in [0.1, 0.15) is 37.5 Å². The van der Waals surface area contributed by atoms with E-state index in [4.69, 9.17) is 0 Å². The number of aromatic nitrogens is 2. The lowest BCUT2D eigenvalue weighted by molar-refractivity contribution is 0.0691. The molecular formula is C30H24N4O3S. The molecule has 0 saturated heterocycles. The lowest BCUT2D eigenvalue weighted by atomic mass is 9.94. The maximum absolute atomic E-state index is 13.3. The van der Waals surface area contributed by atoms with Crippen LogP contribution < -0.4 is 10.2 Å². The molecule has 8 heteroatoms. The standard InChI is InChI=1S/C30H24N4O3S/c1-18-7-2-3-9-20(18)21-13-14-26(32-27(21)29(36)37)34-16-15-19-8-6-10-22(23(19)17-34)28(35)33-30-31-24-11-4-5-12-25(24)38-30/h2-14H,15-17H2,1H3,(H,36,37)(H,31,33,35). The Balaban J connectivity index is 1.30. The van der Waals surface area contributed by atoms with E-state index < -0.39 is 5.97 Å². The number of fused-ring (bicyclic) bond motifs is 2. The van der Waals surface area contributed by atoms with Crippen molar-refractivity contribution >= 4 is 44.4 Å². The van der Waals surface area contributed by atoms with Gasteiger partial charge in [0.1, 0.15) is 5.82 Å². The number of aromatic carboxylic acids is 1. The van der Waals surface area contributed by atoms with Crippen molar-refractivity contribution in [2.75, 3.05) is 16.8 Å². The van der Waals surface area contributed by atoms with E-state index in [2.05, 4.69) is 15.3 Å². The molecule has 0 atom stereocenters. The molecule has 188 valence electrons. The maximum Gasteiger partial charge on any atom is 0.355 e. The first-order valence-electron chi connectivity index (χ1n) is 12.3. The van der Waals surface area contributed by atoms with Gasteiger partial charge in [-0.15, -0.1) is 0 Å². The zero-order valence-electron chi connectivity index (χ0n) is 20.6. The third-order valence-corrected chi connectivity index (χ3v) is 7.83. The molecule has 7 nitrogen and oxygen atoms in total. The van der Waals surface area contributed by atoms with Crippen molar-refractivity contribution < 1.29 is 14.7 Å². The van der Waals surface area contributed by atoms with Crippen LogP contribution in [0.25, 0.3) is 21.3 Å². The van der Waals surface area contributed by atoms with Crippen LogP contribution in [-0.4, -0.2) is 33.5 Å². The number of pyridine rings is 1. The molecule has 0 bridgehead atoms. The number of nitrogens with zero attached hydrogens (tertiary/aromatic N) is 3. The predicted octanol–water partition coefficient (Wildman–Crippen LogP) is 6.18. The molecule has 0 fully saturated rings. The van der Waals surface area contributed by atoms with Gasteiger partial charge in [0.25, 0.3) is 5.91 Å². The molecule has 1 aliphatic heterocycles. The van der Waals surface area contributed by atoms with E-state index in [1.54, 1.807) is 0 Å². The smallest absolute Gasteiger partial charge is 0.355 e. The first kappa shape index (κ1) is 23.8. The van der Waals surface area contributed by atoms with Crippen molar-refractivity contribution in [3.8, 4) is 11.1 Å². The largest absolute Gasteiger partial charge is 0.476 e. The Labute approximate surface area is 223 Å². The minimum atomic E-state index is -1.07. The van der Waals surface area contributed by atoms with Crippen LogP contribution in [0.3, 0.4) is 0 Å². The van der Waals surface area contributed by atoms with Crippen molar-refractivity contribution in [3.63, 3.8) is 0 Å². The Hall–Kier alpha value is -4.56. The highest BCUT2D eigenvalue weighted by Gasteiger charge is 2.25. The highest BCUT2D eigenvalue weighted by atomic mass is 32.1. The van der Waals surface area contributed by atoms with Crippen LogP contribution in [0.2, 0.25) is 0 Å². The molecule has 1 amide bonds. The summed E-state index contributed by atoms with van der Waals surface area (Å²) >= 11 is 1.44. The molecule has 5 aromatic rings. The second kappa shape index (κ2) is 9.72. The number of carboxylic acid groups (broad SMARTS) is 1. The van der Waals surface area contributed by atoms with Crippen LogP contribution in [0.5, 0.6) is 0 Å². The molecular weight excluding hydrogens is 496 g/mol.